The number of nitrogens with one attached hydrogen (secondary N) is 1. The highest BCUT2D eigenvalue weighted by Crippen LogP contribution is 2.28. The summed E-state index contributed by atoms with van der Waals surface area (Å²) in [5.41, 5.74) is 2.61. The third-order valence-corrected chi connectivity index (χ3v) is 6.39. The Kier molecular flexibility index (Phi) is 7.67. The van der Waals surface area contributed by atoms with E-state index in [1.54, 1.807) is 18.2 Å². The molecule has 2 heterocycles. The molecule has 174 valence electrons. The predicted molar refractivity (Wildman–Crippen MR) is 125 cm³/mol. The van der Waals surface area contributed by atoms with Crippen LogP contribution in [0.2, 0.25) is 5.02 Å². The van der Waals surface area contributed by atoms with Gasteiger partial charge in [-0.3, -0.25) is 14.0 Å². The number of hydrogen-bond acceptors (Lipinski definition) is 6. The summed E-state index contributed by atoms with van der Waals surface area (Å²) in [6.07, 6.45) is 2.55. The van der Waals surface area contributed by atoms with Gasteiger partial charge in [0.05, 0.1) is 35.6 Å². The highest BCUT2D eigenvalue weighted by atomic mass is 35.5. The lowest BCUT2D eigenvalue weighted by atomic mass is 9.98. The van der Waals surface area contributed by atoms with E-state index >= 15 is 0 Å². The Morgan fingerprint density at radius 2 is 2.03 bits per heavy atom. The maximum Gasteiger partial charge on any atom is 0.194 e. The number of anilines is 1. The average Bonchev–Trinajstić information content (AvgIpc) is 2.83. The summed E-state index contributed by atoms with van der Waals surface area (Å²) in [5, 5.41) is 0.971. The fourth-order valence-electron chi connectivity index (χ4n) is 3.84. The quantitative estimate of drug-likeness (QED) is 0.295. The Morgan fingerprint density at radius 1 is 1.24 bits per heavy atom. The van der Waals surface area contributed by atoms with E-state index in [9.17, 15) is 17.9 Å². The minimum Gasteiger partial charge on any atom is -0.760 e. The number of halogens is 2. The van der Waals surface area contributed by atoms with E-state index in [1.165, 1.54) is 6.07 Å². The first kappa shape index (κ1) is 23.7. The molecule has 0 radical (unpaired) electrons. The van der Waals surface area contributed by atoms with Crippen molar-refractivity contribution in [2.45, 2.75) is 12.8 Å². The van der Waals surface area contributed by atoms with E-state index in [0.717, 1.165) is 35.7 Å². The van der Waals surface area contributed by atoms with E-state index in [4.69, 9.17) is 16.3 Å². The second-order valence-corrected chi connectivity index (χ2v) is 8.82. The summed E-state index contributed by atoms with van der Waals surface area (Å²) in [4.78, 5) is 19.9. The van der Waals surface area contributed by atoms with Gasteiger partial charge in [-0.1, -0.05) is 11.6 Å². The Hall–Kier alpha value is -2.43. The van der Waals surface area contributed by atoms with Gasteiger partial charge in [0.2, 0.25) is 0 Å². The van der Waals surface area contributed by atoms with Crippen LogP contribution >= 0.6 is 11.6 Å². The molecule has 0 saturated carbocycles. The summed E-state index contributed by atoms with van der Waals surface area (Å²) in [6.45, 7) is 3.04. The zero-order valence-corrected chi connectivity index (χ0v) is 19.3. The van der Waals surface area contributed by atoms with Crippen LogP contribution in [-0.4, -0.2) is 52.4 Å². The average molecular weight is 491 g/mol. The molecule has 1 aromatic heterocycles. The van der Waals surface area contributed by atoms with Crippen molar-refractivity contribution in [3.63, 3.8) is 0 Å². The number of carbonyl (C=O) groups is 1. The Balaban J connectivity index is 1.60. The van der Waals surface area contributed by atoms with E-state index in [-0.39, 0.29) is 17.1 Å². The van der Waals surface area contributed by atoms with Gasteiger partial charge in [-0.2, -0.15) is 0 Å². The molecule has 1 aliphatic heterocycles. The lowest BCUT2D eigenvalue weighted by Crippen LogP contribution is -2.36. The first-order chi connectivity index (χ1) is 15.9. The van der Waals surface area contributed by atoms with Crippen LogP contribution in [0.3, 0.4) is 0 Å². The van der Waals surface area contributed by atoms with Gasteiger partial charge in [-0.25, -0.2) is 9.11 Å². The number of morpholine rings is 1. The topological polar surface area (TPSA) is 94.6 Å². The lowest BCUT2D eigenvalue weighted by Gasteiger charge is -2.28. The van der Waals surface area contributed by atoms with Gasteiger partial charge in [0, 0.05) is 47.4 Å². The van der Waals surface area contributed by atoms with Crippen LogP contribution in [0.1, 0.15) is 27.9 Å². The molecule has 0 amide bonds. The Labute approximate surface area is 198 Å². The SMILES string of the molecule is O=C(c1ccc2ncc(N3CCOCC3)cc2c1)c1cc(F)cc(CCCNS(=O)[O-])c1Cl. The van der Waals surface area contributed by atoms with Crippen LogP contribution in [0.4, 0.5) is 10.1 Å². The first-order valence-electron chi connectivity index (χ1n) is 10.5. The maximum absolute atomic E-state index is 14.3. The molecule has 10 heteroatoms. The monoisotopic (exact) mass is 490 g/mol. The molecule has 1 N–H and O–H groups in total. The van der Waals surface area contributed by atoms with Crippen LogP contribution in [0.15, 0.2) is 42.6 Å². The van der Waals surface area contributed by atoms with E-state index < -0.39 is 22.9 Å². The zero-order valence-electron chi connectivity index (χ0n) is 17.7. The van der Waals surface area contributed by atoms with Crippen LogP contribution in [0.5, 0.6) is 0 Å². The molecular formula is C23H22ClFN3O4S-. The van der Waals surface area contributed by atoms with E-state index in [0.29, 0.717) is 37.2 Å². The van der Waals surface area contributed by atoms with E-state index in [2.05, 4.69) is 14.6 Å². The molecule has 1 unspecified atom stereocenters. The molecule has 3 aromatic rings. The number of ether oxygens (including phenoxy) is 1. The first-order valence-corrected chi connectivity index (χ1v) is 12.0. The molecular weight excluding hydrogens is 469 g/mol. The van der Waals surface area contributed by atoms with Crippen molar-refractivity contribution >= 4 is 45.2 Å². The number of nitrogens with zero attached hydrogens (tertiary/aromatic N) is 2. The van der Waals surface area contributed by atoms with Crippen molar-refractivity contribution in [2.24, 2.45) is 0 Å². The number of ketones is 1. The van der Waals surface area contributed by atoms with Crippen LogP contribution in [-0.2, 0) is 22.4 Å². The number of aromatic nitrogens is 1. The molecule has 4 rings (SSSR count). The number of hydrogen-bond donors (Lipinski definition) is 1. The second-order valence-electron chi connectivity index (χ2n) is 7.69. The summed E-state index contributed by atoms with van der Waals surface area (Å²) < 4.78 is 43.1. The van der Waals surface area contributed by atoms with Crippen molar-refractivity contribution < 1.29 is 22.7 Å². The summed E-state index contributed by atoms with van der Waals surface area (Å²) in [5.74, 6) is -0.964. The van der Waals surface area contributed by atoms with Gasteiger partial charge >= 0.3 is 0 Å². The molecule has 7 nitrogen and oxygen atoms in total. The highest BCUT2D eigenvalue weighted by molar-refractivity contribution is 7.77. The van der Waals surface area contributed by atoms with Crippen molar-refractivity contribution in [2.75, 3.05) is 37.7 Å². The van der Waals surface area contributed by atoms with Gasteiger partial charge in [-0.05, 0) is 54.8 Å². The van der Waals surface area contributed by atoms with E-state index in [1.807, 2.05) is 12.3 Å². The number of pyridine rings is 1. The van der Waals surface area contributed by atoms with Crippen LogP contribution < -0.4 is 9.62 Å². The molecule has 0 aliphatic carbocycles. The number of aryl methyl sites for hydroxylation is 1. The summed E-state index contributed by atoms with van der Waals surface area (Å²) >= 11 is 4.09. The molecule has 1 aliphatic rings. The molecule has 1 saturated heterocycles. The molecule has 1 fully saturated rings. The fourth-order valence-corrected chi connectivity index (χ4v) is 4.44. The number of fused-ring (bicyclic) bond motifs is 1. The van der Waals surface area contributed by atoms with Crippen molar-refractivity contribution in [1.29, 1.82) is 0 Å². The van der Waals surface area contributed by atoms with Gasteiger partial charge in [0.15, 0.2) is 5.78 Å². The minimum atomic E-state index is -2.36. The van der Waals surface area contributed by atoms with Crippen LogP contribution in [0, 0.1) is 5.82 Å². The third kappa shape index (κ3) is 5.74. The predicted octanol–water partition coefficient (Wildman–Crippen LogP) is 3.41. The zero-order chi connectivity index (χ0) is 23.4. The van der Waals surface area contributed by atoms with Crippen molar-refractivity contribution in [1.82, 2.24) is 9.71 Å². The minimum absolute atomic E-state index is 0.0728. The number of rotatable bonds is 8. The standard InChI is InChI=1S/C23H23ClFN3O4S/c24-22-15(2-1-5-27-33(30)31)11-18(25)13-20(22)23(29)16-3-4-21-17(10-16)12-19(14-26-21)28-6-8-32-9-7-28/h3-4,10-14,27H,1-2,5-9H2,(H,30,31)/p-1. The largest absolute Gasteiger partial charge is 0.760 e. The third-order valence-electron chi connectivity index (χ3n) is 5.51. The summed E-state index contributed by atoms with van der Waals surface area (Å²) in [6, 6.07) is 9.53. The normalized spacial score (nSPS) is 15.1. The molecule has 1 atom stereocenters. The smallest absolute Gasteiger partial charge is 0.194 e. The lowest BCUT2D eigenvalue weighted by molar-refractivity contribution is 0.103. The highest BCUT2D eigenvalue weighted by Gasteiger charge is 2.19. The van der Waals surface area contributed by atoms with Crippen LogP contribution in [0.25, 0.3) is 10.9 Å². The van der Waals surface area contributed by atoms with Gasteiger partial charge in [0.25, 0.3) is 0 Å². The number of carbonyl (C=O) groups excluding carboxylic acids is 1. The maximum atomic E-state index is 14.3. The molecule has 0 spiro atoms. The Bertz CT molecular complexity index is 1200. The molecule has 0 bridgehead atoms. The molecule has 33 heavy (non-hydrogen) atoms. The van der Waals surface area contributed by atoms with Gasteiger partial charge < -0.3 is 14.2 Å². The fraction of sp³-hybridized carbons (Fsp3) is 0.304. The van der Waals surface area contributed by atoms with Crippen molar-refractivity contribution in [3.8, 4) is 0 Å². The second kappa shape index (κ2) is 10.7. The Morgan fingerprint density at radius 3 is 2.79 bits per heavy atom. The summed E-state index contributed by atoms with van der Waals surface area (Å²) in [7, 11) is 0. The van der Waals surface area contributed by atoms with Crippen molar-refractivity contribution in [3.05, 3.63) is 70.1 Å². The molecule has 2 aromatic carbocycles. The number of benzene rings is 2. The van der Waals surface area contributed by atoms with Gasteiger partial charge in [-0.15, -0.1) is 0 Å². The van der Waals surface area contributed by atoms with Gasteiger partial charge in [0.1, 0.15) is 5.82 Å².